The summed E-state index contributed by atoms with van der Waals surface area (Å²) in [4.78, 5) is 16.9. The minimum atomic E-state index is -0.347. The van der Waals surface area contributed by atoms with Gasteiger partial charge in [0.05, 0.1) is 18.2 Å². The molecule has 0 spiro atoms. The van der Waals surface area contributed by atoms with E-state index >= 15 is 0 Å². The second-order valence-corrected chi connectivity index (χ2v) is 7.22. The van der Waals surface area contributed by atoms with Crippen molar-refractivity contribution in [2.45, 2.75) is 32.6 Å². The van der Waals surface area contributed by atoms with E-state index in [9.17, 15) is 4.79 Å². The van der Waals surface area contributed by atoms with Gasteiger partial charge in [0.1, 0.15) is 12.2 Å². The van der Waals surface area contributed by atoms with Gasteiger partial charge in [0.25, 0.3) is 0 Å². The van der Waals surface area contributed by atoms with Crippen LogP contribution < -0.4 is 15.1 Å². The van der Waals surface area contributed by atoms with Gasteiger partial charge in [-0.3, -0.25) is 4.99 Å². The summed E-state index contributed by atoms with van der Waals surface area (Å²) in [6.45, 7) is 4.54. The third-order valence-electron chi connectivity index (χ3n) is 5.00. The number of hydrogen-bond acceptors (Lipinski definition) is 5. The van der Waals surface area contributed by atoms with Crippen LogP contribution in [0.5, 0.6) is 11.5 Å². The van der Waals surface area contributed by atoms with Crippen molar-refractivity contribution >= 4 is 28.0 Å². The van der Waals surface area contributed by atoms with E-state index in [1.165, 1.54) is 0 Å². The summed E-state index contributed by atoms with van der Waals surface area (Å²) in [5, 5.41) is 2.25. The summed E-state index contributed by atoms with van der Waals surface area (Å²) in [5.74, 6) is 1.45. The summed E-state index contributed by atoms with van der Waals surface area (Å²) in [6, 6.07) is 9.53. The fourth-order valence-electron chi connectivity index (χ4n) is 3.39. The fraction of sp³-hybridized carbons (Fsp3) is 0.304. The van der Waals surface area contributed by atoms with Gasteiger partial charge in [-0.25, -0.2) is 4.79 Å². The normalized spacial score (nSPS) is 13.9. The third-order valence-corrected chi connectivity index (χ3v) is 5.00. The topological polar surface area (TPSA) is 61.0 Å². The molecule has 28 heavy (non-hydrogen) atoms. The lowest BCUT2D eigenvalue weighted by Gasteiger charge is -2.14. The molecule has 0 amide bonds. The average molecular weight is 377 g/mol. The highest BCUT2D eigenvalue weighted by atomic mass is 16.5. The van der Waals surface area contributed by atoms with Crippen LogP contribution in [0, 0.1) is 0 Å². The third kappa shape index (κ3) is 3.40. The molecular formula is C23H23NO4. The molecule has 0 fully saturated rings. The number of allylic oxidation sites excluding steroid dienone is 1. The first kappa shape index (κ1) is 18.3. The Labute approximate surface area is 163 Å². The molecule has 2 heterocycles. The zero-order valence-corrected chi connectivity index (χ0v) is 16.3. The van der Waals surface area contributed by atoms with Crippen LogP contribution in [0.25, 0.3) is 21.7 Å². The van der Waals surface area contributed by atoms with E-state index in [0.717, 1.165) is 34.9 Å². The van der Waals surface area contributed by atoms with Crippen molar-refractivity contribution < 1.29 is 13.9 Å². The van der Waals surface area contributed by atoms with E-state index in [0.29, 0.717) is 35.0 Å². The van der Waals surface area contributed by atoms with Crippen LogP contribution in [-0.4, -0.2) is 19.9 Å². The zero-order chi connectivity index (χ0) is 19.7. The minimum absolute atomic E-state index is 0.335. The van der Waals surface area contributed by atoms with E-state index in [1.807, 2.05) is 24.4 Å². The number of fused-ring (bicyclic) bond motifs is 3. The minimum Gasteiger partial charge on any atom is -0.493 e. The van der Waals surface area contributed by atoms with Crippen LogP contribution in [0.3, 0.4) is 0 Å². The molecule has 0 atom stereocenters. The van der Waals surface area contributed by atoms with Crippen molar-refractivity contribution in [2.24, 2.45) is 4.99 Å². The van der Waals surface area contributed by atoms with Crippen molar-refractivity contribution in [3.63, 3.8) is 0 Å². The average Bonchev–Trinajstić information content (AvgIpc) is 2.72. The molecule has 2 aromatic carbocycles. The van der Waals surface area contributed by atoms with Gasteiger partial charge in [0.2, 0.25) is 0 Å². The van der Waals surface area contributed by atoms with E-state index in [4.69, 9.17) is 13.9 Å². The molecule has 0 unspecified atom stereocenters. The quantitative estimate of drug-likeness (QED) is 0.453. The lowest BCUT2D eigenvalue weighted by atomic mass is 9.98. The Balaban J connectivity index is 1.80. The van der Waals surface area contributed by atoms with Crippen LogP contribution in [0.1, 0.15) is 38.2 Å². The monoisotopic (exact) mass is 377 g/mol. The Hall–Kier alpha value is -3.08. The molecule has 0 N–H and O–H groups in total. The molecule has 1 aliphatic rings. The Morgan fingerprint density at radius 2 is 1.93 bits per heavy atom. The van der Waals surface area contributed by atoms with E-state index in [-0.39, 0.29) is 5.63 Å². The van der Waals surface area contributed by atoms with Crippen LogP contribution >= 0.6 is 0 Å². The van der Waals surface area contributed by atoms with Gasteiger partial charge in [0, 0.05) is 23.1 Å². The number of aliphatic imine (C=N–C) groups is 1. The van der Waals surface area contributed by atoms with Crippen molar-refractivity contribution in [2.75, 3.05) is 13.7 Å². The van der Waals surface area contributed by atoms with Crippen molar-refractivity contribution in [3.8, 4) is 11.5 Å². The van der Waals surface area contributed by atoms with Gasteiger partial charge in [-0.05, 0) is 36.5 Å². The molecule has 144 valence electrons. The number of methoxy groups -OCH3 is 1. The van der Waals surface area contributed by atoms with Crippen LogP contribution in [0.2, 0.25) is 0 Å². The predicted octanol–water partition coefficient (Wildman–Crippen LogP) is 5.21. The Bertz CT molecular complexity index is 1150. The first-order chi connectivity index (χ1) is 13.6. The molecule has 4 rings (SSSR count). The number of nitrogens with zero attached hydrogens (tertiary/aromatic N) is 1. The zero-order valence-electron chi connectivity index (χ0n) is 16.3. The predicted molar refractivity (Wildman–Crippen MR) is 112 cm³/mol. The smallest absolute Gasteiger partial charge is 0.344 e. The number of rotatable bonds is 5. The molecule has 5 nitrogen and oxygen atoms in total. The highest BCUT2D eigenvalue weighted by Gasteiger charge is 2.15. The largest absolute Gasteiger partial charge is 0.493 e. The summed E-state index contributed by atoms with van der Waals surface area (Å²) in [6.07, 6.45) is 5.89. The maximum absolute atomic E-state index is 12.6. The van der Waals surface area contributed by atoms with Crippen LogP contribution in [-0.2, 0) is 0 Å². The Kier molecular flexibility index (Phi) is 4.90. The van der Waals surface area contributed by atoms with Gasteiger partial charge in [-0.15, -0.1) is 0 Å². The maximum Gasteiger partial charge on any atom is 0.344 e. The molecule has 0 saturated heterocycles. The van der Waals surface area contributed by atoms with Crippen molar-refractivity contribution in [1.82, 2.24) is 0 Å². The molecule has 0 bridgehead atoms. The lowest BCUT2D eigenvalue weighted by Crippen LogP contribution is -2.05. The Morgan fingerprint density at radius 3 is 2.64 bits per heavy atom. The van der Waals surface area contributed by atoms with Gasteiger partial charge in [-0.1, -0.05) is 32.1 Å². The first-order valence-electron chi connectivity index (χ1n) is 9.49. The molecule has 5 heteroatoms. The number of benzene rings is 2. The summed E-state index contributed by atoms with van der Waals surface area (Å²) >= 11 is 0. The molecule has 0 saturated carbocycles. The first-order valence-corrected chi connectivity index (χ1v) is 9.49. The molecule has 1 aromatic heterocycles. The maximum atomic E-state index is 12.6. The Morgan fingerprint density at radius 1 is 1.07 bits per heavy atom. The van der Waals surface area contributed by atoms with Gasteiger partial charge >= 0.3 is 5.63 Å². The molecule has 0 radical (unpaired) electrons. The van der Waals surface area contributed by atoms with E-state index in [1.54, 1.807) is 13.2 Å². The van der Waals surface area contributed by atoms with Gasteiger partial charge in [0.15, 0.2) is 11.5 Å². The highest BCUT2D eigenvalue weighted by molar-refractivity contribution is 6.05. The molecule has 3 aromatic rings. The van der Waals surface area contributed by atoms with Gasteiger partial charge < -0.3 is 13.9 Å². The van der Waals surface area contributed by atoms with E-state index in [2.05, 4.69) is 31.0 Å². The molecule has 1 aliphatic heterocycles. The second kappa shape index (κ2) is 7.50. The van der Waals surface area contributed by atoms with Crippen molar-refractivity contribution in [3.05, 3.63) is 58.1 Å². The molecule has 0 aliphatic carbocycles. The summed E-state index contributed by atoms with van der Waals surface area (Å²) in [7, 11) is 1.60. The second-order valence-electron chi connectivity index (χ2n) is 7.22. The summed E-state index contributed by atoms with van der Waals surface area (Å²) in [5.41, 5.74) is 2.12. The number of hydrogen-bond donors (Lipinski definition) is 0. The summed E-state index contributed by atoms with van der Waals surface area (Å²) < 4.78 is 17.0. The van der Waals surface area contributed by atoms with Crippen LogP contribution in [0.4, 0.5) is 0 Å². The van der Waals surface area contributed by atoms with Gasteiger partial charge in [-0.2, -0.15) is 0 Å². The molecular weight excluding hydrogens is 354 g/mol. The fourth-order valence-corrected chi connectivity index (χ4v) is 3.39. The number of ether oxygens (including phenoxy) is 2. The van der Waals surface area contributed by atoms with Crippen LogP contribution in [0.15, 0.2) is 56.3 Å². The SMILES string of the molecule is COc1cc2c(cc1OCC1=CCCC=N1)oc(=O)c1cc(C(C)C)ccc12. The van der Waals surface area contributed by atoms with E-state index < -0.39 is 0 Å². The highest BCUT2D eigenvalue weighted by Crippen LogP contribution is 2.35. The van der Waals surface area contributed by atoms with Crippen molar-refractivity contribution in [1.29, 1.82) is 0 Å². The lowest BCUT2D eigenvalue weighted by molar-refractivity contribution is 0.318. The standard InChI is InChI=1S/C23H23NO4/c1-14(2)15-7-8-17-18-11-21(26-3)22(27-13-16-6-4-5-9-24-16)12-20(18)28-23(25)19(17)10-15/h6-12,14H,4-5,13H2,1-3H3.